The van der Waals surface area contributed by atoms with E-state index < -0.39 is 0 Å². The molecule has 0 aliphatic heterocycles. The van der Waals surface area contributed by atoms with Crippen molar-refractivity contribution in [3.05, 3.63) is 34.8 Å². The van der Waals surface area contributed by atoms with Crippen LogP contribution in [0.4, 0.5) is 0 Å². The van der Waals surface area contributed by atoms with Crippen LogP contribution in [0.2, 0.25) is 0 Å². The third-order valence-electron chi connectivity index (χ3n) is 4.21. The zero-order chi connectivity index (χ0) is 13.8. The van der Waals surface area contributed by atoms with E-state index in [1.807, 2.05) is 0 Å². The van der Waals surface area contributed by atoms with E-state index in [0.717, 1.165) is 28.9 Å². The normalized spacial score (nSPS) is 17.4. The topological polar surface area (TPSA) is 29.3 Å². The first-order chi connectivity index (χ1) is 9.84. The van der Waals surface area contributed by atoms with Crippen molar-refractivity contribution in [1.82, 2.24) is 14.7 Å². The molecule has 20 heavy (non-hydrogen) atoms. The fraction of sp³-hybridized carbons (Fsp3) is 0.562. The molecule has 2 heterocycles. The number of nitrogens with one attached hydrogen (secondary N) is 1. The minimum absolute atomic E-state index is 0.715. The molecule has 4 heteroatoms. The maximum atomic E-state index is 4.63. The Bertz CT molecular complexity index is 556. The van der Waals surface area contributed by atoms with Gasteiger partial charge in [-0.1, -0.05) is 31.7 Å². The van der Waals surface area contributed by atoms with Gasteiger partial charge in [-0.2, -0.15) is 0 Å². The van der Waals surface area contributed by atoms with Gasteiger partial charge in [-0.25, -0.2) is 4.98 Å². The first-order valence-electron chi connectivity index (χ1n) is 7.69. The number of rotatable bonds is 4. The van der Waals surface area contributed by atoms with Gasteiger partial charge in [0.25, 0.3) is 0 Å². The van der Waals surface area contributed by atoms with Crippen LogP contribution in [0.25, 0.3) is 5.52 Å². The van der Waals surface area contributed by atoms with E-state index in [0.29, 0.717) is 6.04 Å². The molecule has 0 atom stereocenters. The second-order valence-corrected chi connectivity index (χ2v) is 6.42. The van der Waals surface area contributed by atoms with Crippen molar-refractivity contribution in [1.29, 1.82) is 0 Å². The summed E-state index contributed by atoms with van der Waals surface area (Å²) in [5.41, 5.74) is 1.15. The lowest BCUT2D eigenvalue weighted by molar-refractivity contribution is 0.460. The standard InChI is InChI=1S/C16H22BrN3/c17-16-14-9-5-6-12-20(14)15(19-16)10-11-18-13-7-3-1-2-4-8-13/h5-6,9,12-13,18H,1-4,7-8,10-11H2. The second-order valence-electron chi connectivity index (χ2n) is 5.67. The summed E-state index contributed by atoms with van der Waals surface area (Å²) in [5, 5.41) is 3.72. The molecule has 0 radical (unpaired) electrons. The van der Waals surface area contributed by atoms with Crippen molar-refractivity contribution in [2.24, 2.45) is 0 Å². The lowest BCUT2D eigenvalue weighted by atomic mass is 10.1. The third-order valence-corrected chi connectivity index (χ3v) is 4.80. The number of fused-ring (bicyclic) bond motifs is 1. The monoisotopic (exact) mass is 335 g/mol. The van der Waals surface area contributed by atoms with Crippen LogP contribution in [0.3, 0.4) is 0 Å². The van der Waals surface area contributed by atoms with Gasteiger partial charge in [0.1, 0.15) is 10.4 Å². The van der Waals surface area contributed by atoms with Gasteiger partial charge >= 0.3 is 0 Å². The van der Waals surface area contributed by atoms with Gasteiger partial charge in [-0.15, -0.1) is 0 Å². The maximum absolute atomic E-state index is 4.63. The molecule has 0 bridgehead atoms. The molecule has 0 saturated heterocycles. The van der Waals surface area contributed by atoms with Crippen LogP contribution >= 0.6 is 15.9 Å². The maximum Gasteiger partial charge on any atom is 0.132 e. The number of hydrogen-bond acceptors (Lipinski definition) is 2. The number of pyridine rings is 1. The predicted octanol–water partition coefficient (Wildman–Crippen LogP) is 3.95. The van der Waals surface area contributed by atoms with Crippen LogP contribution in [0, 0.1) is 0 Å². The van der Waals surface area contributed by atoms with Gasteiger partial charge in [-0.3, -0.25) is 0 Å². The highest BCUT2D eigenvalue weighted by Gasteiger charge is 2.12. The Balaban J connectivity index is 1.59. The highest BCUT2D eigenvalue weighted by molar-refractivity contribution is 9.10. The van der Waals surface area contributed by atoms with Gasteiger partial charge in [0.2, 0.25) is 0 Å². The molecule has 0 amide bonds. The van der Waals surface area contributed by atoms with Gasteiger partial charge in [0, 0.05) is 25.2 Å². The molecule has 1 saturated carbocycles. The summed E-state index contributed by atoms with van der Waals surface area (Å²) >= 11 is 3.54. The van der Waals surface area contributed by atoms with E-state index in [1.54, 1.807) is 0 Å². The molecule has 3 nitrogen and oxygen atoms in total. The molecule has 3 rings (SSSR count). The Morgan fingerprint density at radius 1 is 1.20 bits per heavy atom. The Kier molecular flexibility index (Phi) is 4.73. The van der Waals surface area contributed by atoms with E-state index in [2.05, 4.69) is 55.0 Å². The molecule has 1 aliphatic carbocycles. The first-order valence-corrected chi connectivity index (χ1v) is 8.49. The van der Waals surface area contributed by atoms with E-state index in [-0.39, 0.29) is 0 Å². The van der Waals surface area contributed by atoms with Crippen LogP contribution in [-0.2, 0) is 6.42 Å². The molecular weight excluding hydrogens is 314 g/mol. The van der Waals surface area contributed by atoms with Gasteiger partial charge in [0.05, 0.1) is 5.52 Å². The summed E-state index contributed by atoms with van der Waals surface area (Å²) < 4.78 is 3.13. The summed E-state index contributed by atoms with van der Waals surface area (Å²) in [5.74, 6) is 1.13. The zero-order valence-electron chi connectivity index (χ0n) is 11.8. The summed E-state index contributed by atoms with van der Waals surface area (Å²) in [4.78, 5) is 4.63. The lowest BCUT2D eigenvalue weighted by Crippen LogP contribution is -2.30. The van der Waals surface area contributed by atoms with Crippen LogP contribution < -0.4 is 5.32 Å². The van der Waals surface area contributed by atoms with Crippen LogP contribution in [0.5, 0.6) is 0 Å². The average Bonchev–Trinajstić information content (AvgIpc) is 2.66. The molecule has 2 aromatic rings. The zero-order valence-corrected chi connectivity index (χ0v) is 13.4. The summed E-state index contributed by atoms with van der Waals surface area (Å²) in [6.07, 6.45) is 11.3. The largest absolute Gasteiger partial charge is 0.314 e. The molecule has 0 spiro atoms. The quantitative estimate of drug-likeness (QED) is 0.857. The van der Waals surface area contributed by atoms with E-state index in [1.165, 1.54) is 38.5 Å². The van der Waals surface area contributed by atoms with Gasteiger partial charge < -0.3 is 9.72 Å². The van der Waals surface area contributed by atoms with E-state index >= 15 is 0 Å². The van der Waals surface area contributed by atoms with E-state index in [4.69, 9.17) is 0 Å². The highest BCUT2D eigenvalue weighted by atomic mass is 79.9. The third kappa shape index (κ3) is 3.23. The molecule has 0 aromatic carbocycles. The molecule has 108 valence electrons. The minimum atomic E-state index is 0.715. The lowest BCUT2D eigenvalue weighted by Gasteiger charge is -2.15. The number of halogens is 1. The summed E-state index contributed by atoms with van der Waals surface area (Å²) in [7, 11) is 0. The molecule has 1 aliphatic rings. The van der Waals surface area contributed by atoms with Crippen LogP contribution in [-0.4, -0.2) is 22.0 Å². The highest BCUT2D eigenvalue weighted by Crippen LogP contribution is 2.19. The molecular formula is C16H22BrN3. The number of nitrogens with zero attached hydrogens (tertiary/aromatic N) is 2. The summed E-state index contributed by atoms with van der Waals surface area (Å²) in [6, 6.07) is 6.92. The van der Waals surface area contributed by atoms with Crippen molar-refractivity contribution in [2.45, 2.75) is 51.0 Å². The first kappa shape index (κ1) is 14.1. The molecule has 0 unspecified atom stereocenters. The second kappa shape index (κ2) is 6.72. The van der Waals surface area contributed by atoms with Crippen molar-refractivity contribution in [3.63, 3.8) is 0 Å². The smallest absolute Gasteiger partial charge is 0.132 e. The van der Waals surface area contributed by atoms with Crippen molar-refractivity contribution in [3.8, 4) is 0 Å². The number of hydrogen-bond donors (Lipinski definition) is 1. The SMILES string of the molecule is Brc1nc(CCNC2CCCCCC2)n2ccccc12. The summed E-state index contributed by atoms with van der Waals surface area (Å²) in [6.45, 7) is 1.02. The van der Waals surface area contributed by atoms with Crippen LogP contribution in [0.15, 0.2) is 29.0 Å². The van der Waals surface area contributed by atoms with Crippen molar-refractivity contribution in [2.75, 3.05) is 6.54 Å². The number of imidazole rings is 1. The van der Waals surface area contributed by atoms with E-state index in [9.17, 15) is 0 Å². The molecule has 2 aromatic heterocycles. The van der Waals surface area contributed by atoms with Crippen molar-refractivity contribution < 1.29 is 0 Å². The van der Waals surface area contributed by atoms with Crippen molar-refractivity contribution >= 4 is 21.4 Å². The Morgan fingerprint density at radius 2 is 2.00 bits per heavy atom. The average molecular weight is 336 g/mol. The van der Waals surface area contributed by atoms with Crippen LogP contribution in [0.1, 0.15) is 44.3 Å². The Morgan fingerprint density at radius 3 is 2.80 bits per heavy atom. The molecule has 1 fully saturated rings. The fourth-order valence-electron chi connectivity index (χ4n) is 3.11. The Hall–Kier alpha value is -0.870. The molecule has 1 N–H and O–H groups in total. The minimum Gasteiger partial charge on any atom is -0.314 e. The van der Waals surface area contributed by atoms with Gasteiger partial charge in [-0.05, 0) is 40.9 Å². The van der Waals surface area contributed by atoms with Gasteiger partial charge in [0.15, 0.2) is 0 Å². The fourth-order valence-corrected chi connectivity index (χ4v) is 3.64. The Labute approximate surface area is 128 Å². The predicted molar refractivity (Wildman–Crippen MR) is 86.1 cm³/mol. The number of aromatic nitrogens is 2.